The van der Waals surface area contributed by atoms with Crippen molar-refractivity contribution in [1.82, 2.24) is 5.32 Å². The van der Waals surface area contributed by atoms with Crippen LogP contribution < -0.4 is 5.32 Å². The second kappa shape index (κ2) is 5.99. The Labute approximate surface area is 106 Å². The van der Waals surface area contributed by atoms with E-state index < -0.39 is 11.6 Å². The van der Waals surface area contributed by atoms with E-state index in [2.05, 4.69) is 10.1 Å². The fourth-order valence-electron chi connectivity index (χ4n) is 1.45. The monoisotopic (exact) mass is 257 g/mol. The van der Waals surface area contributed by atoms with Gasteiger partial charge in [0.05, 0.1) is 25.9 Å². The van der Waals surface area contributed by atoms with Gasteiger partial charge in [0.2, 0.25) is 0 Å². The van der Waals surface area contributed by atoms with Crippen molar-refractivity contribution >= 4 is 5.97 Å². The molecule has 0 fully saturated rings. The molecule has 1 heterocycles. The van der Waals surface area contributed by atoms with E-state index in [0.717, 1.165) is 0 Å². The van der Waals surface area contributed by atoms with Crippen LogP contribution in [0.25, 0.3) is 0 Å². The Bertz CT molecular complexity index is 411. The van der Waals surface area contributed by atoms with Crippen molar-refractivity contribution in [3.05, 3.63) is 23.2 Å². The van der Waals surface area contributed by atoms with Gasteiger partial charge in [-0.25, -0.2) is 4.79 Å². The van der Waals surface area contributed by atoms with Gasteiger partial charge < -0.3 is 24.7 Å². The number of aryl methyl sites for hydroxylation is 1. The number of furan rings is 1. The van der Waals surface area contributed by atoms with Crippen LogP contribution >= 0.6 is 0 Å². The lowest BCUT2D eigenvalue weighted by Gasteiger charge is -2.20. The zero-order valence-electron chi connectivity index (χ0n) is 10.8. The van der Waals surface area contributed by atoms with Crippen LogP contribution in [-0.2, 0) is 11.3 Å². The molecule has 0 spiro atoms. The molecule has 0 aliphatic heterocycles. The molecule has 0 bridgehead atoms. The number of ether oxygens (including phenoxy) is 1. The molecule has 1 rings (SSSR count). The zero-order valence-corrected chi connectivity index (χ0v) is 10.8. The summed E-state index contributed by atoms with van der Waals surface area (Å²) in [5, 5.41) is 21.4. The second-order valence-corrected chi connectivity index (χ2v) is 4.43. The van der Waals surface area contributed by atoms with Crippen molar-refractivity contribution in [2.75, 3.05) is 20.3 Å². The largest absolute Gasteiger partial charge is 0.465 e. The lowest BCUT2D eigenvalue weighted by Crippen LogP contribution is -2.40. The highest BCUT2D eigenvalue weighted by molar-refractivity contribution is 5.90. The number of carbonyl (C=O) groups excluding carboxylic acids is 1. The fourth-order valence-corrected chi connectivity index (χ4v) is 1.45. The number of carbonyl (C=O) groups is 1. The smallest absolute Gasteiger partial charge is 0.341 e. The summed E-state index contributed by atoms with van der Waals surface area (Å²) < 4.78 is 9.99. The second-order valence-electron chi connectivity index (χ2n) is 4.43. The van der Waals surface area contributed by atoms with E-state index in [9.17, 15) is 9.90 Å². The molecular weight excluding hydrogens is 238 g/mol. The Morgan fingerprint density at radius 1 is 1.61 bits per heavy atom. The summed E-state index contributed by atoms with van der Waals surface area (Å²) in [6, 6.07) is 1.60. The van der Waals surface area contributed by atoms with Crippen molar-refractivity contribution in [2.45, 2.75) is 26.0 Å². The number of hydrogen-bond acceptors (Lipinski definition) is 6. The van der Waals surface area contributed by atoms with Gasteiger partial charge in [-0.05, 0) is 19.9 Å². The van der Waals surface area contributed by atoms with Crippen LogP contribution in [0.15, 0.2) is 10.5 Å². The molecule has 0 aliphatic carbocycles. The molecule has 3 N–H and O–H groups in total. The summed E-state index contributed by atoms with van der Waals surface area (Å²) in [6.45, 7) is 3.45. The Hall–Kier alpha value is -1.37. The van der Waals surface area contributed by atoms with Crippen LogP contribution in [0.4, 0.5) is 0 Å². The van der Waals surface area contributed by atoms with Gasteiger partial charge in [-0.2, -0.15) is 0 Å². The molecule has 0 radical (unpaired) electrons. The zero-order chi connectivity index (χ0) is 13.8. The summed E-state index contributed by atoms with van der Waals surface area (Å²) in [4.78, 5) is 11.4. The lowest BCUT2D eigenvalue weighted by molar-refractivity contribution is 0.00226. The van der Waals surface area contributed by atoms with Gasteiger partial charge >= 0.3 is 5.97 Å². The van der Waals surface area contributed by atoms with Gasteiger partial charge in [0.15, 0.2) is 0 Å². The number of rotatable bonds is 6. The third kappa shape index (κ3) is 3.83. The van der Waals surface area contributed by atoms with Crippen LogP contribution in [-0.4, -0.2) is 42.0 Å². The average Bonchev–Trinajstić information content (AvgIpc) is 2.69. The van der Waals surface area contributed by atoms with Gasteiger partial charge in [0, 0.05) is 6.54 Å². The van der Waals surface area contributed by atoms with Gasteiger partial charge in [-0.1, -0.05) is 0 Å². The number of aliphatic hydroxyl groups excluding tert-OH is 1. The third-order valence-electron chi connectivity index (χ3n) is 2.52. The molecule has 0 saturated heterocycles. The molecule has 102 valence electrons. The molecule has 1 aromatic heterocycles. The Balaban J connectivity index is 2.57. The van der Waals surface area contributed by atoms with E-state index in [1.807, 2.05) is 0 Å². The first-order chi connectivity index (χ1) is 8.39. The summed E-state index contributed by atoms with van der Waals surface area (Å²) >= 11 is 0. The van der Waals surface area contributed by atoms with E-state index in [4.69, 9.17) is 9.52 Å². The van der Waals surface area contributed by atoms with E-state index in [1.165, 1.54) is 14.0 Å². The van der Waals surface area contributed by atoms with Gasteiger partial charge in [-0.15, -0.1) is 0 Å². The predicted octanol–water partition coefficient (Wildman–Crippen LogP) is 0.208. The first-order valence-corrected chi connectivity index (χ1v) is 5.61. The standard InChI is InChI=1S/C12H19NO5/c1-8-10(11(15)17-3)4-9(18-8)5-13-6-12(2,16)7-14/h4,13-14,16H,5-7H2,1-3H3. The van der Waals surface area contributed by atoms with Crippen LogP contribution in [0.3, 0.4) is 0 Å². The molecule has 0 aromatic carbocycles. The highest BCUT2D eigenvalue weighted by Gasteiger charge is 2.19. The van der Waals surface area contributed by atoms with Crippen molar-refractivity contribution in [3.63, 3.8) is 0 Å². The Kier molecular flexibility index (Phi) is 4.89. The first-order valence-electron chi connectivity index (χ1n) is 5.61. The summed E-state index contributed by atoms with van der Waals surface area (Å²) in [5.41, 5.74) is -0.782. The molecular formula is C12H19NO5. The topological polar surface area (TPSA) is 91.9 Å². The lowest BCUT2D eigenvalue weighted by atomic mass is 10.1. The summed E-state index contributed by atoms with van der Waals surface area (Å²) in [7, 11) is 1.31. The van der Waals surface area contributed by atoms with Crippen molar-refractivity contribution in [2.24, 2.45) is 0 Å². The van der Waals surface area contributed by atoms with Crippen LogP contribution in [0.1, 0.15) is 28.8 Å². The number of hydrogen-bond donors (Lipinski definition) is 3. The van der Waals surface area contributed by atoms with Crippen LogP contribution in [0.5, 0.6) is 0 Å². The van der Waals surface area contributed by atoms with E-state index in [0.29, 0.717) is 23.6 Å². The van der Waals surface area contributed by atoms with Gasteiger partial charge in [-0.3, -0.25) is 0 Å². The molecule has 1 unspecified atom stereocenters. The summed E-state index contributed by atoms with van der Waals surface area (Å²) in [6.07, 6.45) is 0. The minimum Gasteiger partial charge on any atom is -0.465 e. The maximum atomic E-state index is 11.4. The highest BCUT2D eigenvalue weighted by atomic mass is 16.5. The maximum Gasteiger partial charge on any atom is 0.341 e. The highest BCUT2D eigenvalue weighted by Crippen LogP contribution is 2.15. The molecule has 1 aromatic rings. The molecule has 0 saturated carbocycles. The Morgan fingerprint density at radius 2 is 2.28 bits per heavy atom. The molecule has 6 heteroatoms. The van der Waals surface area contributed by atoms with Gasteiger partial charge in [0.25, 0.3) is 0 Å². The minimum absolute atomic E-state index is 0.219. The van der Waals surface area contributed by atoms with E-state index >= 15 is 0 Å². The fraction of sp³-hybridized carbons (Fsp3) is 0.583. The minimum atomic E-state index is -1.17. The van der Waals surface area contributed by atoms with Crippen LogP contribution in [0.2, 0.25) is 0 Å². The normalized spacial score (nSPS) is 14.3. The van der Waals surface area contributed by atoms with Gasteiger partial charge in [0.1, 0.15) is 17.1 Å². The summed E-state index contributed by atoms with van der Waals surface area (Å²) in [5.74, 6) is 0.624. The van der Waals surface area contributed by atoms with E-state index in [1.54, 1.807) is 13.0 Å². The van der Waals surface area contributed by atoms with Crippen LogP contribution in [0, 0.1) is 6.92 Å². The predicted molar refractivity (Wildman–Crippen MR) is 64.2 cm³/mol. The molecule has 1 atom stereocenters. The van der Waals surface area contributed by atoms with Crippen molar-refractivity contribution < 1.29 is 24.2 Å². The molecule has 0 amide bonds. The third-order valence-corrected chi connectivity index (χ3v) is 2.52. The quantitative estimate of drug-likeness (QED) is 0.631. The average molecular weight is 257 g/mol. The maximum absolute atomic E-state index is 11.4. The number of methoxy groups -OCH3 is 1. The number of nitrogens with one attached hydrogen (secondary N) is 1. The number of aliphatic hydroxyl groups is 2. The SMILES string of the molecule is COC(=O)c1cc(CNCC(C)(O)CO)oc1C. The first kappa shape index (κ1) is 14.7. The molecule has 18 heavy (non-hydrogen) atoms. The Morgan fingerprint density at radius 3 is 2.83 bits per heavy atom. The molecule has 0 aliphatic rings. The van der Waals surface area contributed by atoms with Crippen molar-refractivity contribution in [3.8, 4) is 0 Å². The van der Waals surface area contributed by atoms with Crippen molar-refractivity contribution in [1.29, 1.82) is 0 Å². The number of esters is 1. The van der Waals surface area contributed by atoms with E-state index in [-0.39, 0.29) is 13.2 Å². The molecule has 6 nitrogen and oxygen atoms in total.